The molecule has 0 spiro atoms. The van der Waals surface area contributed by atoms with Crippen molar-refractivity contribution in [3.05, 3.63) is 34.3 Å². The fourth-order valence-corrected chi connectivity index (χ4v) is 4.03. The van der Waals surface area contributed by atoms with Gasteiger partial charge in [0, 0.05) is 28.1 Å². The van der Waals surface area contributed by atoms with Crippen LogP contribution >= 0.6 is 27.7 Å². The maximum atomic E-state index is 10.3. The molecule has 1 fully saturated rings. The second kappa shape index (κ2) is 7.30. The molecule has 0 amide bonds. The molecule has 1 aromatic rings. The normalized spacial score (nSPS) is 21.4. The van der Waals surface area contributed by atoms with Gasteiger partial charge < -0.3 is 10.0 Å². The third-order valence-electron chi connectivity index (χ3n) is 3.88. The van der Waals surface area contributed by atoms with Gasteiger partial charge in [-0.3, -0.25) is 0 Å². The van der Waals surface area contributed by atoms with Gasteiger partial charge in [0.2, 0.25) is 0 Å². The Morgan fingerprint density at radius 1 is 1.40 bits per heavy atom. The number of nitrogens with zero attached hydrogens (tertiary/aromatic N) is 1. The molecule has 4 heteroatoms. The van der Waals surface area contributed by atoms with Gasteiger partial charge in [0.15, 0.2) is 0 Å². The number of thioether (sulfide) groups is 1. The van der Waals surface area contributed by atoms with E-state index in [2.05, 4.69) is 46.4 Å². The highest BCUT2D eigenvalue weighted by Crippen LogP contribution is 2.31. The Kier molecular flexibility index (Phi) is 5.96. The number of benzene rings is 1. The Morgan fingerprint density at radius 3 is 2.95 bits per heavy atom. The molecule has 1 aliphatic rings. The monoisotopic (exact) mass is 357 g/mol. The van der Waals surface area contributed by atoms with Gasteiger partial charge in [-0.25, -0.2) is 0 Å². The molecule has 1 heterocycles. The Hall–Kier alpha value is -0.0300. The lowest BCUT2D eigenvalue weighted by molar-refractivity contribution is 0.143. The number of hydrogen-bond donors (Lipinski definition) is 1. The third-order valence-corrected chi connectivity index (χ3v) is 5.75. The van der Waals surface area contributed by atoms with Crippen molar-refractivity contribution >= 4 is 27.7 Å². The van der Waals surface area contributed by atoms with Crippen LogP contribution in [0.5, 0.6) is 0 Å². The third kappa shape index (κ3) is 5.06. The van der Waals surface area contributed by atoms with E-state index in [0.717, 1.165) is 36.1 Å². The van der Waals surface area contributed by atoms with Gasteiger partial charge in [-0.1, -0.05) is 41.9 Å². The van der Waals surface area contributed by atoms with Crippen molar-refractivity contribution < 1.29 is 5.11 Å². The first-order valence-electron chi connectivity index (χ1n) is 7.26. The minimum absolute atomic E-state index is 0.364. The molecular weight excluding hydrogens is 334 g/mol. The fourth-order valence-electron chi connectivity index (χ4n) is 2.47. The molecule has 1 N–H and O–H groups in total. The molecule has 0 radical (unpaired) electrons. The number of aliphatic hydroxyl groups excluding tert-OH is 1. The summed E-state index contributed by atoms with van der Waals surface area (Å²) in [6, 6.07) is 7.97. The molecule has 20 heavy (non-hydrogen) atoms. The highest BCUT2D eigenvalue weighted by atomic mass is 79.9. The van der Waals surface area contributed by atoms with E-state index in [9.17, 15) is 5.11 Å². The zero-order valence-electron chi connectivity index (χ0n) is 12.3. The van der Waals surface area contributed by atoms with Crippen LogP contribution in [0.2, 0.25) is 0 Å². The Bertz CT molecular complexity index is 438. The van der Waals surface area contributed by atoms with Crippen LogP contribution in [0, 0.1) is 0 Å². The minimum Gasteiger partial charge on any atom is -0.388 e. The molecule has 1 unspecified atom stereocenters. The predicted molar refractivity (Wildman–Crippen MR) is 91.3 cm³/mol. The summed E-state index contributed by atoms with van der Waals surface area (Å²) in [6.07, 6.45) is 1.67. The summed E-state index contributed by atoms with van der Waals surface area (Å²) in [4.78, 5) is 2.49. The van der Waals surface area contributed by atoms with E-state index < -0.39 is 0 Å². The smallest absolute Gasteiger partial charge is 0.0802 e. The van der Waals surface area contributed by atoms with Gasteiger partial charge in [0.25, 0.3) is 0 Å². The van der Waals surface area contributed by atoms with Gasteiger partial charge in [-0.05, 0) is 37.1 Å². The quantitative estimate of drug-likeness (QED) is 0.877. The lowest BCUT2D eigenvalue weighted by atomic mass is 10.1. The molecule has 112 valence electrons. The first-order valence-corrected chi connectivity index (χ1v) is 9.04. The van der Waals surface area contributed by atoms with Gasteiger partial charge in [-0.2, -0.15) is 11.8 Å². The van der Waals surface area contributed by atoms with Crippen LogP contribution in [0.25, 0.3) is 0 Å². The number of rotatable bonds is 4. The first kappa shape index (κ1) is 16.3. The summed E-state index contributed by atoms with van der Waals surface area (Å²) in [5, 5.41) is 10.3. The van der Waals surface area contributed by atoms with Crippen molar-refractivity contribution in [2.45, 2.75) is 37.5 Å². The van der Waals surface area contributed by atoms with Crippen molar-refractivity contribution in [2.24, 2.45) is 0 Å². The summed E-state index contributed by atoms with van der Waals surface area (Å²) in [5.41, 5.74) is 1.00. The van der Waals surface area contributed by atoms with Crippen molar-refractivity contribution in [1.29, 1.82) is 0 Å². The van der Waals surface area contributed by atoms with Gasteiger partial charge >= 0.3 is 0 Å². The fraction of sp³-hybridized carbons (Fsp3) is 0.625. The minimum atomic E-state index is -0.364. The average Bonchev–Trinajstić information content (AvgIpc) is 2.57. The van der Waals surface area contributed by atoms with E-state index in [-0.39, 0.29) is 6.10 Å². The number of aliphatic hydroxyl groups is 1. The van der Waals surface area contributed by atoms with Crippen molar-refractivity contribution in [1.82, 2.24) is 4.90 Å². The molecule has 1 saturated heterocycles. The Balaban J connectivity index is 1.83. The SMILES string of the molecule is CC1(C)CCN(CCC(O)c2cccc(Br)c2)CCS1. The Morgan fingerprint density at radius 2 is 2.20 bits per heavy atom. The van der Waals surface area contributed by atoms with E-state index in [0.29, 0.717) is 4.75 Å². The summed E-state index contributed by atoms with van der Waals surface area (Å²) in [6.45, 7) is 7.92. The summed E-state index contributed by atoms with van der Waals surface area (Å²) in [5.74, 6) is 1.19. The van der Waals surface area contributed by atoms with Crippen LogP contribution in [-0.2, 0) is 0 Å². The highest BCUT2D eigenvalue weighted by molar-refractivity contribution is 9.10. The van der Waals surface area contributed by atoms with E-state index in [4.69, 9.17) is 0 Å². The topological polar surface area (TPSA) is 23.5 Å². The summed E-state index contributed by atoms with van der Waals surface area (Å²) in [7, 11) is 0. The number of halogens is 1. The van der Waals surface area contributed by atoms with Gasteiger partial charge in [0.05, 0.1) is 6.10 Å². The summed E-state index contributed by atoms with van der Waals surface area (Å²) >= 11 is 5.52. The molecular formula is C16H24BrNOS. The van der Waals surface area contributed by atoms with Crippen LogP contribution in [0.4, 0.5) is 0 Å². The molecule has 1 atom stereocenters. The molecule has 2 rings (SSSR count). The Labute approximate surface area is 135 Å². The van der Waals surface area contributed by atoms with Crippen molar-refractivity contribution in [3.63, 3.8) is 0 Å². The van der Waals surface area contributed by atoms with E-state index in [1.54, 1.807) is 0 Å². The van der Waals surface area contributed by atoms with E-state index in [1.807, 2.05) is 24.3 Å². The largest absolute Gasteiger partial charge is 0.388 e. The summed E-state index contributed by atoms with van der Waals surface area (Å²) < 4.78 is 1.43. The second-order valence-electron chi connectivity index (χ2n) is 6.06. The maximum Gasteiger partial charge on any atom is 0.0802 e. The molecule has 0 aliphatic carbocycles. The zero-order valence-corrected chi connectivity index (χ0v) is 14.7. The average molecular weight is 358 g/mol. The lowest BCUT2D eigenvalue weighted by Crippen LogP contribution is -2.29. The van der Waals surface area contributed by atoms with E-state index in [1.165, 1.54) is 12.2 Å². The van der Waals surface area contributed by atoms with Crippen LogP contribution < -0.4 is 0 Å². The molecule has 0 aromatic heterocycles. The van der Waals surface area contributed by atoms with Crippen LogP contribution in [0.3, 0.4) is 0 Å². The van der Waals surface area contributed by atoms with Gasteiger partial charge in [-0.15, -0.1) is 0 Å². The molecule has 1 aliphatic heterocycles. The maximum absolute atomic E-state index is 10.3. The zero-order chi connectivity index (χ0) is 14.6. The molecule has 0 saturated carbocycles. The predicted octanol–water partition coefficient (Wildman–Crippen LogP) is 4.09. The molecule has 1 aromatic carbocycles. The van der Waals surface area contributed by atoms with Crippen molar-refractivity contribution in [2.75, 3.05) is 25.4 Å². The highest BCUT2D eigenvalue weighted by Gasteiger charge is 2.23. The van der Waals surface area contributed by atoms with Crippen molar-refractivity contribution in [3.8, 4) is 0 Å². The molecule has 2 nitrogen and oxygen atoms in total. The van der Waals surface area contributed by atoms with Crippen LogP contribution in [-0.4, -0.2) is 40.1 Å². The second-order valence-corrected chi connectivity index (χ2v) is 8.78. The lowest BCUT2D eigenvalue weighted by Gasteiger charge is -2.23. The van der Waals surface area contributed by atoms with Crippen LogP contribution in [0.15, 0.2) is 28.7 Å². The van der Waals surface area contributed by atoms with E-state index >= 15 is 0 Å². The van der Waals surface area contributed by atoms with Crippen LogP contribution in [0.1, 0.15) is 38.4 Å². The van der Waals surface area contributed by atoms with Gasteiger partial charge in [0.1, 0.15) is 0 Å². The molecule has 0 bridgehead atoms. The number of hydrogen-bond acceptors (Lipinski definition) is 3. The standard InChI is InChI=1S/C16H24BrNOS/c1-16(2)7-9-18(10-11-20-16)8-6-15(19)13-4-3-5-14(17)12-13/h3-5,12,15,19H,6-11H2,1-2H3. The first-order chi connectivity index (χ1) is 9.46.